The molecule has 1 aliphatic carbocycles. The van der Waals surface area contributed by atoms with Gasteiger partial charge in [-0.3, -0.25) is 0 Å². The molecule has 5 rings (SSSR count). The summed E-state index contributed by atoms with van der Waals surface area (Å²) in [5, 5.41) is 25.1. The van der Waals surface area contributed by atoms with Crippen molar-refractivity contribution in [2.45, 2.75) is 56.5 Å². The molecule has 0 unspecified atom stereocenters. The van der Waals surface area contributed by atoms with Crippen molar-refractivity contribution in [1.82, 2.24) is 29.6 Å². The van der Waals surface area contributed by atoms with Crippen LogP contribution in [0.2, 0.25) is 0 Å². The number of hydrogen-bond donors (Lipinski definition) is 2. The van der Waals surface area contributed by atoms with Gasteiger partial charge in [-0.05, 0) is 49.4 Å². The lowest BCUT2D eigenvalue weighted by atomic mass is 9.82. The molecular formula is C22H22F5N7O2. The normalized spacial score (nSPS) is 20.9. The van der Waals surface area contributed by atoms with Crippen molar-refractivity contribution in [1.29, 1.82) is 0 Å². The number of fused-ring (bicyclic) bond motifs is 2. The maximum atomic E-state index is 13.1. The van der Waals surface area contributed by atoms with E-state index in [0.717, 1.165) is 4.68 Å². The highest BCUT2D eigenvalue weighted by atomic mass is 19.4. The summed E-state index contributed by atoms with van der Waals surface area (Å²) >= 11 is 0. The van der Waals surface area contributed by atoms with Crippen LogP contribution in [-0.2, 0) is 6.54 Å². The van der Waals surface area contributed by atoms with Crippen LogP contribution in [-0.4, -0.2) is 66.1 Å². The van der Waals surface area contributed by atoms with Crippen molar-refractivity contribution in [2.24, 2.45) is 0 Å². The zero-order valence-corrected chi connectivity index (χ0v) is 19.0. The third-order valence-electron chi connectivity index (χ3n) is 6.48. The molecule has 1 aromatic carbocycles. The summed E-state index contributed by atoms with van der Waals surface area (Å²) in [6, 6.07) is 6.56. The van der Waals surface area contributed by atoms with Crippen molar-refractivity contribution < 1.29 is 31.8 Å². The molecule has 3 aromatic heterocycles. The molecule has 0 spiro atoms. The summed E-state index contributed by atoms with van der Waals surface area (Å²) in [5.74, 6) is 0.382. The van der Waals surface area contributed by atoms with Crippen molar-refractivity contribution >= 4 is 22.5 Å². The molecule has 0 atom stereocenters. The van der Waals surface area contributed by atoms with Crippen LogP contribution in [0.4, 0.5) is 27.9 Å². The van der Waals surface area contributed by atoms with Crippen LogP contribution < -0.4 is 10.1 Å². The molecule has 0 radical (unpaired) electrons. The predicted molar refractivity (Wildman–Crippen MR) is 119 cm³/mol. The molecule has 1 saturated carbocycles. The van der Waals surface area contributed by atoms with E-state index < -0.39 is 37.6 Å². The first-order valence-corrected chi connectivity index (χ1v) is 11.2. The molecule has 1 fully saturated rings. The highest BCUT2D eigenvalue weighted by Gasteiger charge is 2.54. The van der Waals surface area contributed by atoms with Gasteiger partial charge in [-0.1, -0.05) is 11.3 Å². The summed E-state index contributed by atoms with van der Waals surface area (Å²) in [4.78, 5) is 4.39. The van der Waals surface area contributed by atoms with Gasteiger partial charge in [-0.15, -0.1) is 10.2 Å². The second-order valence-electron chi connectivity index (χ2n) is 8.78. The second-order valence-corrected chi connectivity index (χ2v) is 8.78. The quantitative estimate of drug-likeness (QED) is 0.377. The van der Waals surface area contributed by atoms with Gasteiger partial charge < -0.3 is 15.2 Å². The third kappa shape index (κ3) is 4.29. The van der Waals surface area contributed by atoms with Crippen molar-refractivity contribution in [2.75, 3.05) is 12.4 Å². The van der Waals surface area contributed by atoms with E-state index in [2.05, 4.69) is 25.7 Å². The smallest absolute Gasteiger partial charge is 0.417 e. The van der Waals surface area contributed by atoms with Gasteiger partial charge in [-0.2, -0.15) is 18.2 Å². The lowest BCUT2D eigenvalue weighted by molar-refractivity contribution is -0.269. The number of ether oxygens (including phenoxy) is 1. The maximum absolute atomic E-state index is 13.1. The minimum Gasteiger partial charge on any atom is -0.479 e. The van der Waals surface area contributed by atoms with Crippen molar-refractivity contribution in [3.63, 3.8) is 0 Å². The molecule has 0 saturated heterocycles. The van der Waals surface area contributed by atoms with Gasteiger partial charge in [0.05, 0.1) is 12.6 Å². The van der Waals surface area contributed by atoms with Crippen LogP contribution in [0.5, 0.6) is 5.88 Å². The van der Waals surface area contributed by atoms with E-state index in [4.69, 9.17) is 4.74 Å². The minimum absolute atomic E-state index is 0.0942. The molecule has 3 heterocycles. The van der Waals surface area contributed by atoms with E-state index in [1.54, 1.807) is 30.5 Å². The maximum Gasteiger partial charge on any atom is 0.417 e. The molecule has 9 nitrogen and oxygen atoms in total. The van der Waals surface area contributed by atoms with Crippen LogP contribution >= 0.6 is 0 Å². The average molecular weight is 511 g/mol. The zero-order valence-electron chi connectivity index (χ0n) is 19.0. The Kier molecular flexibility index (Phi) is 5.93. The Bertz CT molecular complexity index is 1390. The van der Waals surface area contributed by atoms with Crippen molar-refractivity contribution in [3.8, 4) is 17.0 Å². The number of halogens is 5. The van der Waals surface area contributed by atoms with E-state index in [-0.39, 0.29) is 30.7 Å². The van der Waals surface area contributed by atoms with Gasteiger partial charge in [-0.25, -0.2) is 18.0 Å². The number of hydrogen-bond acceptors (Lipinski definition) is 7. The number of benzene rings is 1. The van der Waals surface area contributed by atoms with Gasteiger partial charge in [0, 0.05) is 17.8 Å². The number of anilines is 1. The number of methoxy groups -OCH3 is 1. The average Bonchev–Trinajstić information content (AvgIpc) is 3.43. The number of aromatic nitrogens is 6. The van der Waals surface area contributed by atoms with Crippen LogP contribution in [0.25, 0.3) is 27.7 Å². The fourth-order valence-corrected chi connectivity index (χ4v) is 4.53. The molecule has 0 aliphatic heterocycles. The Hall–Kier alpha value is -3.55. The number of rotatable bonds is 6. The predicted octanol–water partition coefficient (Wildman–Crippen LogP) is 4.06. The second kappa shape index (κ2) is 8.84. The van der Waals surface area contributed by atoms with Crippen LogP contribution in [0, 0.1) is 0 Å². The van der Waals surface area contributed by atoms with Gasteiger partial charge in [0.1, 0.15) is 17.6 Å². The lowest BCUT2D eigenvalue weighted by Gasteiger charge is -2.37. The number of alkyl halides is 5. The molecule has 1 aliphatic rings. The summed E-state index contributed by atoms with van der Waals surface area (Å²) in [6.45, 7) is -0.584. The highest BCUT2D eigenvalue weighted by molar-refractivity contribution is 5.89. The Morgan fingerprint density at radius 1 is 1.22 bits per heavy atom. The molecule has 36 heavy (non-hydrogen) atoms. The van der Waals surface area contributed by atoms with Gasteiger partial charge in [0.2, 0.25) is 11.8 Å². The molecule has 192 valence electrons. The Morgan fingerprint density at radius 3 is 2.64 bits per heavy atom. The summed E-state index contributed by atoms with van der Waals surface area (Å²) in [5.41, 5.74) is 0.126. The fourth-order valence-electron chi connectivity index (χ4n) is 4.53. The van der Waals surface area contributed by atoms with E-state index in [9.17, 15) is 27.1 Å². The molecule has 4 aromatic rings. The van der Waals surface area contributed by atoms with Gasteiger partial charge >= 0.3 is 6.18 Å². The highest BCUT2D eigenvalue weighted by Crippen LogP contribution is 2.42. The summed E-state index contributed by atoms with van der Waals surface area (Å²) < 4.78 is 73.2. The minimum atomic E-state index is -4.67. The van der Waals surface area contributed by atoms with Gasteiger partial charge in [0.25, 0.3) is 6.43 Å². The van der Waals surface area contributed by atoms with E-state index in [0.29, 0.717) is 27.7 Å². The number of nitrogens with one attached hydrogen (secondary N) is 1. The van der Waals surface area contributed by atoms with Crippen molar-refractivity contribution in [3.05, 3.63) is 30.5 Å². The first kappa shape index (κ1) is 24.2. The molecular weight excluding hydrogens is 489 g/mol. The molecule has 14 heteroatoms. The largest absolute Gasteiger partial charge is 0.479 e. The van der Waals surface area contributed by atoms with E-state index in [1.165, 1.54) is 11.6 Å². The van der Waals surface area contributed by atoms with E-state index in [1.807, 2.05) is 0 Å². The molecule has 0 bridgehead atoms. The SMILES string of the molecule is COc1nc(N[C@H]2CC[C@@](O)(C(F)(F)F)CC2)nn2ccc(-c3ccc4nnn(CC(F)F)c4c3)c12. The summed E-state index contributed by atoms with van der Waals surface area (Å²) in [6.07, 6.45) is -6.23. The summed E-state index contributed by atoms with van der Waals surface area (Å²) in [7, 11) is 1.43. The van der Waals surface area contributed by atoms with Crippen LogP contribution in [0.3, 0.4) is 0 Å². The lowest BCUT2D eigenvalue weighted by Crippen LogP contribution is -2.49. The molecule has 2 N–H and O–H groups in total. The first-order valence-electron chi connectivity index (χ1n) is 11.2. The molecule has 0 amide bonds. The zero-order chi connectivity index (χ0) is 25.7. The number of nitrogens with zero attached hydrogens (tertiary/aromatic N) is 6. The van der Waals surface area contributed by atoms with E-state index >= 15 is 0 Å². The third-order valence-corrected chi connectivity index (χ3v) is 6.48. The fraction of sp³-hybridized carbons (Fsp3) is 0.455. The standard InChI is InChI=1S/C22H22F5N7O2/c1-36-19-18-14(12-2-3-15-16(10-12)34(32-30-15)11-17(23)24)6-9-33(18)31-20(29-19)28-13-4-7-21(35,8-5-13)22(25,26)27/h2-3,6,9-10,13,17,35H,4-5,7-8,11H2,1H3,(H,28,31)/t13-,21-. The Morgan fingerprint density at radius 2 is 1.97 bits per heavy atom. The van der Waals surface area contributed by atoms with Crippen LogP contribution in [0.15, 0.2) is 30.5 Å². The van der Waals surface area contributed by atoms with Gasteiger partial charge in [0.15, 0.2) is 5.60 Å². The number of aliphatic hydroxyl groups is 1. The Balaban J connectivity index is 1.43. The first-order chi connectivity index (χ1) is 17.1. The van der Waals surface area contributed by atoms with Crippen LogP contribution in [0.1, 0.15) is 25.7 Å². The Labute approximate surface area is 200 Å². The monoisotopic (exact) mass is 511 g/mol. The topological polar surface area (TPSA) is 102 Å².